The van der Waals surface area contributed by atoms with Crippen LogP contribution in [0, 0.1) is 17.3 Å². The van der Waals surface area contributed by atoms with E-state index < -0.39 is 11.5 Å². The van der Waals surface area contributed by atoms with Crippen LogP contribution in [0.5, 0.6) is 5.75 Å². The van der Waals surface area contributed by atoms with Crippen LogP contribution in [0.1, 0.15) is 44.9 Å². The molecule has 0 amide bonds. The van der Waals surface area contributed by atoms with Crippen LogP contribution < -0.4 is 20.1 Å². The van der Waals surface area contributed by atoms with Gasteiger partial charge in [-0.25, -0.2) is 4.68 Å². The van der Waals surface area contributed by atoms with Crippen molar-refractivity contribution in [1.82, 2.24) is 9.78 Å². The number of benzene rings is 1. The molecule has 5 fully saturated rings. The Hall–Kier alpha value is -2.74. The number of hydrogen-bond acceptors (Lipinski definition) is 6. The van der Waals surface area contributed by atoms with E-state index in [-0.39, 0.29) is 22.4 Å². The van der Waals surface area contributed by atoms with Gasteiger partial charge >= 0.3 is 5.97 Å². The summed E-state index contributed by atoms with van der Waals surface area (Å²) in [4.78, 5) is 29.8. The second-order valence-electron chi connectivity index (χ2n) is 11.5. The van der Waals surface area contributed by atoms with E-state index in [1.807, 2.05) is 18.2 Å². The molecule has 1 aliphatic heterocycles. The molecule has 4 saturated carbocycles. The summed E-state index contributed by atoms with van der Waals surface area (Å²) in [5.41, 5.74) is 0.867. The third-order valence-corrected chi connectivity index (χ3v) is 9.43. The highest BCUT2D eigenvalue weighted by atomic mass is 35.5. The van der Waals surface area contributed by atoms with E-state index in [1.54, 1.807) is 18.0 Å². The Labute approximate surface area is 215 Å². The van der Waals surface area contributed by atoms with Gasteiger partial charge in [0.15, 0.2) is 0 Å². The smallest absolute Gasteiger partial charge is 0.303 e. The van der Waals surface area contributed by atoms with Crippen molar-refractivity contribution in [2.75, 3.05) is 43.1 Å². The van der Waals surface area contributed by atoms with Crippen molar-refractivity contribution in [2.24, 2.45) is 17.3 Å². The number of carboxylic acid groups (broad SMARTS) is 1. The first-order chi connectivity index (χ1) is 17.3. The number of aliphatic carboxylic acids is 1. The van der Waals surface area contributed by atoms with Gasteiger partial charge in [-0.2, -0.15) is 5.10 Å². The summed E-state index contributed by atoms with van der Waals surface area (Å²) < 4.78 is 7.16. The fraction of sp³-hybridized carbons (Fsp3) is 0.593. The molecular weight excluding hydrogens is 480 g/mol. The van der Waals surface area contributed by atoms with Gasteiger partial charge in [-0.1, -0.05) is 23.7 Å². The van der Waals surface area contributed by atoms with Crippen molar-refractivity contribution in [2.45, 2.75) is 50.5 Å². The molecule has 192 valence electrons. The third-order valence-electron chi connectivity index (χ3n) is 9.07. The summed E-state index contributed by atoms with van der Waals surface area (Å²) in [5, 5.41) is 14.5. The van der Waals surface area contributed by atoms with E-state index in [2.05, 4.69) is 15.9 Å². The zero-order valence-corrected chi connectivity index (χ0v) is 21.4. The normalized spacial score (nSPS) is 31.1. The van der Waals surface area contributed by atoms with Crippen LogP contribution >= 0.6 is 11.6 Å². The van der Waals surface area contributed by atoms with E-state index >= 15 is 0 Å². The molecule has 1 saturated heterocycles. The fourth-order valence-electron chi connectivity index (χ4n) is 8.24. The lowest BCUT2D eigenvalue weighted by atomic mass is 9.46. The lowest BCUT2D eigenvalue weighted by Gasteiger charge is -2.61. The van der Waals surface area contributed by atoms with E-state index in [0.717, 1.165) is 69.7 Å². The van der Waals surface area contributed by atoms with Crippen LogP contribution in [0.25, 0.3) is 0 Å². The highest BCUT2D eigenvalue weighted by molar-refractivity contribution is 6.33. The number of piperazine rings is 1. The van der Waals surface area contributed by atoms with Gasteiger partial charge in [0, 0.05) is 26.2 Å². The zero-order chi connectivity index (χ0) is 25.1. The SMILES string of the molecule is COc1ccccc1N1CCN(c2cnn(C34C[C@@H]5C[C@H](CC(CC(=O)O)(C5)C3)C4)c(=O)c2Cl)CC1. The Morgan fingerprint density at radius 3 is 2.36 bits per heavy atom. The van der Waals surface area contributed by atoms with Crippen molar-refractivity contribution >= 4 is 28.9 Å². The van der Waals surface area contributed by atoms with Crippen molar-refractivity contribution in [3.8, 4) is 5.75 Å². The molecule has 1 aromatic heterocycles. The maximum absolute atomic E-state index is 13.6. The van der Waals surface area contributed by atoms with Gasteiger partial charge in [-0.15, -0.1) is 0 Å². The molecular formula is C27H33ClN4O4. The number of ether oxygens (including phenoxy) is 1. The monoisotopic (exact) mass is 512 g/mol. The predicted octanol–water partition coefficient (Wildman–Crippen LogP) is 4.00. The van der Waals surface area contributed by atoms with Gasteiger partial charge in [0.1, 0.15) is 10.8 Å². The van der Waals surface area contributed by atoms with Gasteiger partial charge in [-0.3, -0.25) is 9.59 Å². The average Bonchev–Trinajstić information content (AvgIpc) is 2.84. The molecule has 36 heavy (non-hydrogen) atoms. The molecule has 0 spiro atoms. The van der Waals surface area contributed by atoms with Crippen LogP contribution in [0.2, 0.25) is 5.02 Å². The number of nitrogens with zero attached hydrogens (tertiary/aromatic N) is 4. The van der Waals surface area contributed by atoms with Crippen LogP contribution in [-0.2, 0) is 10.3 Å². The summed E-state index contributed by atoms with van der Waals surface area (Å²) in [6.45, 7) is 3.01. The van der Waals surface area contributed by atoms with Gasteiger partial charge in [-0.05, 0) is 67.9 Å². The van der Waals surface area contributed by atoms with Crippen LogP contribution in [0.4, 0.5) is 11.4 Å². The quantitative estimate of drug-likeness (QED) is 0.625. The summed E-state index contributed by atoms with van der Waals surface area (Å²) in [6.07, 6.45) is 7.47. The summed E-state index contributed by atoms with van der Waals surface area (Å²) >= 11 is 6.75. The Bertz CT molecular complexity index is 1220. The largest absolute Gasteiger partial charge is 0.495 e. The zero-order valence-electron chi connectivity index (χ0n) is 20.7. The first kappa shape index (κ1) is 23.6. The van der Waals surface area contributed by atoms with Gasteiger partial charge < -0.3 is 19.6 Å². The van der Waals surface area contributed by atoms with E-state index in [0.29, 0.717) is 23.9 Å². The minimum atomic E-state index is -0.743. The number of para-hydroxylation sites is 2. The second-order valence-corrected chi connectivity index (χ2v) is 11.8. The van der Waals surface area contributed by atoms with Gasteiger partial charge in [0.25, 0.3) is 5.56 Å². The number of rotatable bonds is 6. The first-order valence-electron chi connectivity index (χ1n) is 12.9. The highest BCUT2D eigenvalue weighted by Gasteiger charge is 2.59. The number of carbonyl (C=O) groups is 1. The maximum atomic E-state index is 13.6. The number of aromatic nitrogens is 2. The summed E-state index contributed by atoms with van der Waals surface area (Å²) in [6, 6.07) is 8.00. The molecule has 1 N–H and O–H groups in total. The second kappa shape index (κ2) is 8.68. The number of methoxy groups -OCH3 is 1. The standard InChI is InChI=1S/C27H33ClN4O4/c1-36-22-5-3-2-4-20(22)30-6-8-31(9-7-30)21-16-29-32(25(35)24(21)28)27-13-18-10-19(14-27)12-26(11-18,17-27)15-23(33)34/h2-5,16,18-19H,6-15,17H2,1H3,(H,33,34)/t18-,19-,26?,27?/m1/s1. The Balaban J connectivity index is 1.24. The van der Waals surface area contributed by atoms with Gasteiger partial charge in [0.2, 0.25) is 0 Å². The Kier molecular flexibility index (Phi) is 5.70. The summed E-state index contributed by atoms with van der Waals surface area (Å²) in [5.74, 6) is 1.03. The Morgan fingerprint density at radius 1 is 1.08 bits per heavy atom. The molecule has 4 aliphatic carbocycles. The first-order valence-corrected chi connectivity index (χ1v) is 13.3. The number of hydrogen-bond donors (Lipinski definition) is 1. The fourth-order valence-corrected chi connectivity index (χ4v) is 8.49. The van der Waals surface area contributed by atoms with E-state index in [9.17, 15) is 14.7 Å². The van der Waals surface area contributed by atoms with Gasteiger partial charge in [0.05, 0.1) is 36.6 Å². The Morgan fingerprint density at radius 2 is 1.72 bits per heavy atom. The highest BCUT2D eigenvalue weighted by Crippen LogP contribution is 2.65. The van der Waals surface area contributed by atoms with Crippen molar-refractivity contribution in [1.29, 1.82) is 0 Å². The van der Waals surface area contributed by atoms with E-state index in [1.165, 1.54) is 0 Å². The molecule has 8 nitrogen and oxygen atoms in total. The molecule has 0 unspecified atom stereocenters. The van der Waals surface area contributed by atoms with Crippen molar-refractivity contribution < 1.29 is 14.6 Å². The van der Waals surface area contributed by atoms with Crippen LogP contribution in [0.15, 0.2) is 35.3 Å². The minimum absolute atomic E-state index is 0.179. The number of halogens is 1. The minimum Gasteiger partial charge on any atom is -0.495 e. The van der Waals surface area contributed by atoms with E-state index in [4.69, 9.17) is 21.4 Å². The lowest BCUT2D eigenvalue weighted by molar-refractivity contribution is -0.151. The molecule has 1 aromatic carbocycles. The summed E-state index contributed by atoms with van der Waals surface area (Å²) in [7, 11) is 1.68. The number of carboxylic acids is 1. The molecule has 2 atom stereocenters. The average molecular weight is 513 g/mol. The topological polar surface area (TPSA) is 87.9 Å². The molecule has 2 heterocycles. The molecule has 4 bridgehead atoms. The molecule has 5 aliphatic rings. The molecule has 0 radical (unpaired) electrons. The van der Waals surface area contributed by atoms with Crippen LogP contribution in [-0.4, -0.2) is 54.1 Å². The lowest BCUT2D eigenvalue weighted by Crippen LogP contribution is -2.59. The molecule has 2 aromatic rings. The van der Waals surface area contributed by atoms with Crippen molar-refractivity contribution in [3.63, 3.8) is 0 Å². The maximum Gasteiger partial charge on any atom is 0.303 e. The van der Waals surface area contributed by atoms with Crippen LogP contribution in [0.3, 0.4) is 0 Å². The van der Waals surface area contributed by atoms with Crippen molar-refractivity contribution in [3.05, 3.63) is 45.8 Å². The third kappa shape index (κ3) is 3.85. The predicted molar refractivity (Wildman–Crippen MR) is 138 cm³/mol. The molecule has 9 heteroatoms. The number of anilines is 2. The molecule has 7 rings (SSSR count).